The fraction of sp³-hybridized carbons (Fsp3) is 0.500. The SMILES string of the molecule is O=c1[nH]cnc2c1ncn2[C@H]1C[C@H](O)[C@@H](CO)O1.[Sn]. The van der Waals surface area contributed by atoms with Crippen molar-refractivity contribution < 1.29 is 14.9 Å². The van der Waals surface area contributed by atoms with Gasteiger partial charge in [-0.15, -0.1) is 0 Å². The smallest absolute Gasteiger partial charge is 0.278 e. The van der Waals surface area contributed by atoms with Crippen LogP contribution in [-0.4, -0.2) is 72.5 Å². The minimum absolute atomic E-state index is 0. The molecule has 0 unspecified atom stereocenters. The molecule has 2 aromatic heterocycles. The number of nitrogens with one attached hydrogen (secondary N) is 1. The predicted molar refractivity (Wildman–Crippen MR) is 65.5 cm³/mol. The molecule has 0 aliphatic carbocycles. The summed E-state index contributed by atoms with van der Waals surface area (Å²) in [4.78, 5) is 21.9. The molecule has 0 aromatic carbocycles. The molecule has 1 fully saturated rings. The third kappa shape index (κ3) is 2.40. The van der Waals surface area contributed by atoms with Crippen LogP contribution in [0.4, 0.5) is 0 Å². The fourth-order valence-corrected chi connectivity index (χ4v) is 2.12. The number of aliphatic hydroxyl groups excluding tert-OH is 2. The first kappa shape index (κ1) is 14.4. The van der Waals surface area contributed by atoms with E-state index in [-0.39, 0.29) is 41.6 Å². The molecule has 9 heteroatoms. The molecule has 0 saturated carbocycles. The molecule has 1 aliphatic heterocycles. The quantitative estimate of drug-likeness (QED) is 0.547. The van der Waals surface area contributed by atoms with Crippen molar-refractivity contribution in [2.75, 3.05) is 6.61 Å². The Kier molecular flexibility index (Phi) is 4.23. The molecule has 100 valence electrons. The topological polar surface area (TPSA) is 113 Å². The number of H-pyrrole nitrogens is 1. The van der Waals surface area contributed by atoms with Gasteiger partial charge in [-0.25, -0.2) is 9.97 Å². The molecule has 3 heterocycles. The van der Waals surface area contributed by atoms with Gasteiger partial charge in [-0.05, 0) is 0 Å². The van der Waals surface area contributed by atoms with E-state index in [1.54, 1.807) is 4.57 Å². The maximum absolute atomic E-state index is 11.5. The number of ether oxygens (including phenoxy) is 1. The van der Waals surface area contributed by atoms with E-state index in [1.165, 1.54) is 12.7 Å². The van der Waals surface area contributed by atoms with Crippen LogP contribution in [0.1, 0.15) is 12.6 Å². The first-order valence-corrected chi connectivity index (χ1v) is 5.55. The predicted octanol–water partition coefficient (Wildman–Crippen LogP) is -1.62. The van der Waals surface area contributed by atoms with Gasteiger partial charge in [0.15, 0.2) is 11.2 Å². The third-order valence-corrected chi connectivity index (χ3v) is 3.06. The molecule has 4 radical (unpaired) electrons. The van der Waals surface area contributed by atoms with Crippen LogP contribution in [-0.2, 0) is 4.74 Å². The molecule has 2 aromatic rings. The van der Waals surface area contributed by atoms with Crippen LogP contribution in [0.25, 0.3) is 11.2 Å². The van der Waals surface area contributed by atoms with E-state index < -0.39 is 18.4 Å². The summed E-state index contributed by atoms with van der Waals surface area (Å²) >= 11 is 0. The van der Waals surface area contributed by atoms with E-state index in [0.717, 1.165) is 0 Å². The summed E-state index contributed by atoms with van der Waals surface area (Å²) in [6, 6.07) is 0. The van der Waals surface area contributed by atoms with E-state index in [2.05, 4.69) is 15.0 Å². The number of rotatable bonds is 2. The number of aromatic amines is 1. The zero-order chi connectivity index (χ0) is 12.7. The normalized spacial score (nSPS) is 26.5. The van der Waals surface area contributed by atoms with Crippen molar-refractivity contribution in [3.8, 4) is 0 Å². The van der Waals surface area contributed by atoms with Gasteiger partial charge >= 0.3 is 0 Å². The summed E-state index contributed by atoms with van der Waals surface area (Å²) in [6.45, 7) is -0.252. The van der Waals surface area contributed by atoms with Gasteiger partial charge in [0.1, 0.15) is 12.3 Å². The number of nitrogens with zero attached hydrogens (tertiary/aromatic N) is 3. The second-order valence-corrected chi connectivity index (χ2v) is 4.17. The van der Waals surface area contributed by atoms with E-state index in [9.17, 15) is 9.90 Å². The Morgan fingerprint density at radius 2 is 2.32 bits per heavy atom. The van der Waals surface area contributed by atoms with Crippen molar-refractivity contribution in [3.05, 3.63) is 23.0 Å². The van der Waals surface area contributed by atoms with Gasteiger partial charge in [0.2, 0.25) is 0 Å². The van der Waals surface area contributed by atoms with Crippen LogP contribution in [0.15, 0.2) is 17.4 Å². The van der Waals surface area contributed by atoms with Gasteiger partial charge in [0.25, 0.3) is 5.56 Å². The molecule has 8 nitrogen and oxygen atoms in total. The van der Waals surface area contributed by atoms with Crippen molar-refractivity contribution in [2.45, 2.75) is 24.9 Å². The Bertz CT molecular complexity index is 627. The van der Waals surface area contributed by atoms with E-state index >= 15 is 0 Å². The average molecular weight is 371 g/mol. The molecule has 1 aliphatic rings. The number of aliphatic hydroxyl groups is 2. The van der Waals surface area contributed by atoms with Crippen molar-refractivity contribution in [3.63, 3.8) is 0 Å². The summed E-state index contributed by atoms with van der Waals surface area (Å²) < 4.78 is 7.07. The van der Waals surface area contributed by atoms with Gasteiger partial charge in [-0.2, -0.15) is 0 Å². The standard InChI is InChI=1S/C10H12N4O4.Sn/c15-2-6-5(16)1-7(18-6)14-4-13-8-9(14)11-3-12-10(8)17;/h3-7,15-16H,1-2H2,(H,11,12,17);/t5-,6+,7+;/m0./s1. The fourth-order valence-electron chi connectivity index (χ4n) is 2.12. The Hall–Kier alpha value is -0.971. The minimum atomic E-state index is -0.737. The molecular weight excluding hydrogens is 359 g/mol. The average Bonchev–Trinajstić information content (AvgIpc) is 2.93. The minimum Gasteiger partial charge on any atom is -0.394 e. The molecule has 1 saturated heterocycles. The first-order chi connectivity index (χ1) is 8.70. The zero-order valence-electron chi connectivity index (χ0n) is 9.85. The van der Waals surface area contributed by atoms with Gasteiger partial charge in [-0.3, -0.25) is 9.36 Å². The van der Waals surface area contributed by atoms with E-state index in [1.807, 2.05) is 0 Å². The van der Waals surface area contributed by atoms with Crippen LogP contribution in [0.3, 0.4) is 0 Å². The van der Waals surface area contributed by atoms with Crippen molar-refractivity contribution in [2.24, 2.45) is 0 Å². The van der Waals surface area contributed by atoms with Crippen LogP contribution in [0, 0.1) is 0 Å². The third-order valence-electron chi connectivity index (χ3n) is 3.06. The van der Waals surface area contributed by atoms with Crippen LogP contribution >= 0.6 is 0 Å². The molecule has 3 rings (SSSR count). The maximum Gasteiger partial charge on any atom is 0.278 e. The largest absolute Gasteiger partial charge is 0.394 e. The molecule has 0 spiro atoms. The van der Waals surface area contributed by atoms with Crippen LogP contribution < -0.4 is 5.56 Å². The second-order valence-electron chi connectivity index (χ2n) is 4.17. The second kappa shape index (κ2) is 5.57. The van der Waals surface area contributed by atoms with E-state index in [4.69, 9.17) is 9.84 Å². The molecule has 3 atom stereocenters. The number of imidazole rings is 1. The Labute approximate surface area is 124 Å². The van der Waals surface area contributed by atoms with Gasteiger partial charge < -0.3 is 19.9 Å². The maximum atomic E-state index is 11.5. The number of aromatic nitrogens is 4. The van der Waals surface area contributed by atoms with Gasteiger partial charge in [0.05, 0.1) is 25.4 Å². The molecule has 19 heavy (non-hydrogen) atoms. The van der Waals surface area contributed by atoms with E-state index in [0.29, 0.717) is 12.1 Å². The molecule has 0 bridgehead atoms. The summed E-state index contributed by atoms with van der Waals surface area (Å²) in [5.41, 5.74) is 0.300. The number of hydrogen-bond acceptors (Lipinski definition) is 6. The van der Waals surface area contributed by atoms with Crippen molar-refractivity contribution >= 4 is 35.1 Å². The molecular formula is C10H12N4O4Sn. The summed E-state index contributed by atoms with van der Waals surface area (Å²) in [5.74, 6) is 0. The van der Waals surface area contributed by atoms with Crippen LogP contribution in [0.5, 0.6) is 0 Å². The number of hydrogen-bond donors (Lipinski definition) is 3. The zero-order valence-corrected chi connectivity index (χ0v) is 12.7. The summed E-state index contributed by atoms with van der Waals surface area (Å²) in [5, 5.41) is 18.7. The molecule has 3 N–H and O–H groups in total. The Morgan fingerprint density at radius 3 is 3.00 bits per heavy atom. The van der Waals surface area contributed by atoms with Gasteiger partial charge in [-0.1, -0.05) is 0 Å². The van der Waals surface area contributed by atoms with Crippen molar-refractivity contribution in [1.82, 2.24) is 19.5 Å². The van der Waals surface area contributed by atoms with Crippen LogP contribution in [0.2, 0.25) is 0 Å². The summed E-state index contributed by atoms with van der Waals surface area (Å²) in [7, 11) is 0. The Morgan fingerprint density at radius 1 is 1.53 bits per heavy atom. The summed E-state index contributed by atoms with van der Waals surface area (Å²) in [6.07, 6.45) is 1.23. The van der Waals surface area contributed by atoms with Gasteiger partial charge in [0, 0.05) is 30.3 Å². The number of fused-ring (bicyclic) bond motifs is 1. The Balaban J connectivity index is 0.00000133. The van der Waals surface area contributed by atoms with Crippen molar-refractivity contribution in [1.29, 1.82) is 0 Å². The monoisotopic (exact) mass is 372 g/mol. The first-order valence-electron chi connectivity index (χ1n) is 5.55. The molecule has 0 amide bonds.